The van der Waals surface area contributed by atoms with E-state index in [0.29, 0.717) is 18.1 Å². The van der Waals surface area contributed by atoms with Crippen LogP contribution in [0.25, 0.3) is 5.52 Å². The minimum Gasteiger partial charge on any atom is -0.476 e. The number of aromatic carboxylic acids is 1. The summed E-state index contributed by atoms with van der Waals surface area (Å²) in [7, 11) is 2.06. The number of hydrogen-bond acceptors (Lipinski definition) is 3. The fourth-order valence-electron chi connectivity index (χ4n) is 2.24. The Labute approximate surface area is 105 Å². The third-order valence-electron chi connectivity index (χ3n) is 3.39. The van der Waals surface area contributed by atoms with Crippen LogP contribution in [0.5, 0.6) is 0 Å². The maximum absolute atomic E-state index is 11.2. The van der Waals surface area contributed by atoms with Crippen LogP contribution in [0.1, 0.15) is 29.2 Å². The number of rotatable bonds is 4. The number of carboxylic acid groups (broad SMARTS) is 1. The van der Waals surface area contributed by atoms with Crippen LogP contribution in [-0.2, 0) is 6.54 Å². The van der Waals surface area contributed by atoms with Crippen molar-refractivity contribution in [2.24, 2.45) is 0 Å². The molecule has 5 heteroatoms. The van der Waals surface area contributed by atoms with E-state index in [0.717, 1.165) is 5.82 Å². The normalized spacial score (nSPS) is 15.4. The van der Waals surface area contributed by atoms with Crippen LogP contribution in [-0.4, -0.2) is 38.4 Å². The molecule has 3 rings (SSSR count). The summed E-state index contributed by atoms with van der Waals surface area (Å²) < 4.78 is 1.86. The molecule has 0 amide bonds. The summed E-state index contributed by atoms with van der Waals surface area (Å²) in [5, 5.41) is 9.16. The Morgan fingerprint density at radius 2 is 2.33 bits per heavy atom. The first-order valence-corrected chi connectivity index (χ1v) is 6.06. The second-order valence-electron chi connectivity index (χ2n) is 4.78. The van der Waals surface area contributed by atoms with E-state index in [4.69, 9.17) is 5.11 Å². The fraction of sp³-hybridized carbons (Fsp3) is 0.385. The van der Waals surface area contributed by atoms with Gasteiger partial charge >= 0.3 is 5.97 Å². The van der Waals surface area contributed by atoms with Gasteiger partial charge in [-0.25, -0.2) is 9.78 Å². The fourth-order valence-corrected chi connectivity index (χ4v) is 2.24. The molecule has 1 fully saturated rings. The summed E-state index contributed by atoms with van der Waals surface area (Å²) >= 11 is 0. The quantitative estimate of drug-likeness (QED) is 0.889. The molecule has 2 aromatic heterocycles. The highest BCUT2D eigenvalue weighted by molar-refractivity contribution is 5.93. The van der Waals surface area contributed by atoms with Crippen molar-refractivity contribution < 1.29 is 9.90 Å². The maximum Gasteiger partial charge on any atom is 0.356 e. The van der Waals surface area contributed by atoms with Gasteiger partial charge in [0.1, 0.15) is 5.82 Å². The smallest absolute Gasteiger partial charge is 0.356 e. The lowest BCUT2D eigenvalue weighted by Gasteiger charge is -2.14. The molecule has 2 heterocycles. The monoisotopic (exact) mass is 245 g/mol. The Hall–Kier alpha value is -1.88. The van der Waals surface area contributed by atoms with Crippen molar-refractivity contribution in [2.45, 2.75) is 25.4 Å². The number of imidazole rings is 1. The number of hydrogen-bond donors (Lipinski definition) is 1. The third-order valence-corrected chi connectivity index (χ3v) is 3.39. The maximum atomic E-state index is 11.2. The van der Waals surface area contributed by atoms with E-state index in [1.54, 1.807) is 6.07 Å². The Morgan fingerprint density at radius 1 is 1.56 bits per heavy atom. The minimum atomic E-state index is -0.973. The van der Waals surface area contributed by atoms with Gasteiger partial charge in [0.05, 0.1) is 12.1 Å². The van der Waals surface area contributed by atoms with E-state index in [-0.39, 0.29) is 5.69 Å². The highest BCUT2D eigenvalue weighted by atomic mass is 16.4. The SMILES string of the molecule is CN(Cc1nc(C(=O)O)c2ccccn12)C1CC1. The standard InChI is InChI=1S/C13H15N3O2/c1-15(9-5-6-9)8-11-14-12(13(17)18)10-4-2-3-7-16(10)11/h2-4,7,9H,5-6,8H2,1H3,(H,17,18). The second-order valence-corrected chi connectivity index (χ2v) is 4.78. The highest BCUT2D eigenvalue weighted by Crippen LogP contribution is 2.26. The van der Waals surface area contributed by atoms with Gasteiger partial charge < -0.3 is 9.51 Å². The van der Waals surface area contributed by atoms with Gasteiger partial charge in [-0.2, -0.15) is 0 Å². The minimum absolute atomic E-state index is 0.134. The Balaban J connectivity index is 2.02. The molecule has 1 saturated carbocycles. The lowest BCUT2D eigenvalue weighted by atomic mass is 10.3. The Kier molecular flexibility index (Phi) is 2.56. The van der Waals surface area contributed by atoms with Crippen LogP contribution in [0.15, 0.2) is 24.4 Å². The molecule has 1 aliphatic carbocycles. The van der Waals surface area contributed by atoms with Crippen LogP contribution >= 0.6 is 0 Å². The molecule has 18 heavy (non-hydrogen) atoms. The summed E-state index contributed by atoms with van der Waals surface area (Å²) in [6, 6.07) is 6.14. The third kappa shape index (κ3) is 1.86. The van der Waals surface area contributed by atoms with Crippen LogP contribution in [0.3, 0.4) is 0 Å². The van der Waals surface area contributed by atoms with Crippen molar-refractivity contribution >= 4 is 11.5 Å². The average Bonchev–Trinajstić information content (AvgIpc) is 3.13. The van der Waals surface area contributed by atoms with E-state index in [9.17, 15) is 4.79 Å². The highest BCUT2D eigenvalue weighted by Gasteiger charge is 2.27. The molecule has 0 aromatic carbocycles. The molecule has 0 aliphatic heterocycles. The number of pyridine rings is 1. The summed E-state index contributed by atoms with van der Waals surface area (Å²) in [6.45, 7) is 0.684. The van der Waals surface area contributed by atoms with E-state index in [2.05, 4.69) is 16.9 Å². The van der Waals surface area contributed by atoms with Gasteiger partial charge in [-0.15, -0.1) is 0 Å². The molecular weight excluding hydrogens is 230 g/mol. The summed E-state index contributed by atoms with van der Waals surface area (Å²) in [4.78, 5) is 17.7. The first-order chi connectivity index (χ1) is 8.66. The van der Waals surface area contributed by atoms with Gasteiger partial charge in [0.15, 0.2) is 5.69 Å². The van der Waals surface area contributed by atoms with Gasteiger partial charge in [0, 0.05) is 12.2 Å². The van der Waals surface area contributed by atoms with Crippen molar-refractivity contribution in [3.63, 3.8) is 0 Å². The lowest BCUT2D eigenvalue weighted by Crippen LogP contribution is -2.21. The lowest BCUT2D eigenvalue weighted by molar-refractivity contribution is 0.0693. The van der Waals surface area contributed by atoms with Gasteiger partial charge in [0.25, 0.3) is 0 Å². The molecule has 5 nitrogen and oxygen atoms in total. The molecule has 0 saturated heterocycles. The largest absolute Gasteiger partial charge is 0.476 e. The summed E-state index contributed by atoms with van der Waals surface area (Å²) in [6.07, 6.45) is 4.32. The van der Waals surface area contributed by atoms with Crippen molar-refractivity contribution in [2.75, 3.05) is 7.05 Å². The number of carboxylic acids is 1. The van der Waals surface area contributed by atoms with E-state index < -0.39 is 5.97 Å². The predicted molar refractivity (Wildman–Crippen MR) is 66.6 cm³/mol. The molecule has 94 valence electrons. The first-order valence-electron chi connectivity index (χ1n) is 6.06. The van der Waals surface area contributed by atoms with Crippen LogP contribution in [0.2, 0.25) is 0 Å². The number of carbonyl (C=O) groups is 1. The van der Waals surface area contributed by atoms with E-state index in [1.165, 1.54) is 12.8 Å². The van der Waals surface area contributed by atoms with Crippen molar-refractivity contribution in [3.8, 4) is 0 Å². The van der Waals surface area contributed by atoms with Gasteiger partial charge in [0.2, 0.25) is 0 Å². The zero-order valence-corrected chi connectivity index (χ0v) is 10.2. The zero-order chi connectivity index (χ0) is 12.7. The molecule has 0 unspecified atom stereocenters. The molecule has 0 atom stereocenters. The average molecular weight is 245 g/mol. The number of nitrogens with zero attached hydrogens (tertiary/aromatic N) is 3. The molecular formula is C13H15N3O2. The van der Waals surface area contributed by atoms with E-state index >= 15 is 0 Å². The Bertz CT molecular complexity index is 601. The summed E-state index contributed by atoms with van der Waals surface area (Å²) in [5.74, 6) is -0.184. The second kappa shape index (κ2) is 4.10. The zero-order valence-electron chi connectivity index (χ0n) is 10.2. The summed E-state index contributed by atoms with van der Waals surface area (Å²) in [5.41, 5.74) is 0.791. The van der Waals surface area contributed by atoms with Crippen LogP contribution in [0.4, 0.5) is 0 Å². The molecule has 0 spiro atoms. The molecule has 1 aliphatic rings. The number of fused-ring (bicyclic) bond motifs is 1. The van der Waals surface area contributed by atoms with Crippen molar-refractivity contribution in [3.05, 3.63) is 35.9 Å². The van der Waals surface area contributed by atoms with Crippen LogP contribution in [0, 0.1) is 0 Å². The predicted octanol–water partition coefficient (Wildman–Crippen LogP) is 1.63. The van der Waals surface area contributed by atoms with E-state index in [1.807, 2.05) is 22.7 Å². The topological polar surface area (TPSA) is 57.8 Å². The molecule has 1 N–H and O–H groups in total. The van der Waals surface area contributed by atoms with Crippen molar-refractivity contribution in [1.82, 2.24) is 14.3 Å². The molecule has 0 bridgehead atoms. The van der Waals surface area contributed by atoms with Crippen molar-refractivity contribution in [1.29, 1.82) is 0 Å². The van der Waals surface area contributed by atoms with Gasteiger partial charge in [-0.1, -0.05) is 6.07 Å². The molecule has 0 radical (unpaired) electrons. The Morgan fingerprint density at radius 3 is 3.00 bits per heavy atom. The van der Waals surface area contributed by atoms with Gasteiger partial charge in [-0.05, 0) is 32.0 Å². The first kappa shape index (κ1) is 11.2. The molecule has 2 aromatic rings. The van der Waals surface area contributed by atoms with Crippen LogP contribution < -0.4 is 0 Å². The number of aromatic nitrogens is 2. The van der Waals surface area contributed by atoms with Gasteiger partial charge in [-0.3, -0.25) is 4.90 Å².